The van der Waals surface area contributed by atoms with Gasteiger partial charge in [0.2, 0.25) is 0 Å². The molecule has 0 amide bonds. The quantitative estimate of drug-likeness (QED) is 0.718. The summed E-state index contributed by atoms with van der Waals surface area (Å²) in [4.78, 5) is 10.9. The van der Waals surface area contributed by atoms with Crippen molar-refractivity contribution in [1.82, 2.24) is 0 Å². The highest BCUT2D eigenvalue weighted by molar-refractivity contribution is 6.02. The van der Waals surface area contributed by atoms with Gasteiger partial charge in [0.15, 0.2) is 0 Å². The third kappa shape index (κ3) is 2.53. The second-order valence-electron chi connectivity index (χ2n) is 4.82. The smallest absolute Gasteiger partial charge is 0.306 e. The summed E-state index contributed by atoms with van der Waals surface area (Å²) in [6, 6.07) is 6.84. The monoisotopic (exact) mass is 247 g/mol. The number of hydrogen-bond acceptors (Lipinski definition) is 3. The Kier molecular flexibility index (Phi) is 3.65. The highest BCUT2D eigenvalue weighted by Crippen LogP contribution is 2.32. The number of carboxylic acids is 1. The Morgan fingerprint density at radius 3 is 2.22 bits per heavy atom. The summed E-state index contributed by atoms with van der Waals surface area (Å²) < 4.78 is 0. The minimum Gasteiger partial charge on any atom is -0.507 e. The van der Waals surface area contributed by atoms with Gasteiger partial charge >= 0.3 is 5.97 Å². The van der Waals surface area contributed by atoms with E-state index in [4.69, 9.17) is 10.5 Å². The lowest BCUT2D eigenvalue weighted by Gasteiger charge is -2.26. The van der Waals surface area contributed by atoms with Gasteiger partial charge in [-0.15, -0.1) is 0 Å². The van der Waals surface area contributed by atoms with Crippen LogP contribution in [0.4, 0.5) is 0 Å². The van der Waals surface area contributed by atoms with Crippen LogP contribution in [0.1, 0.15) is 31.2 Å². The van der Waals surface area contributed by atoms with Gasteiger partial charge in [-0.1, -0.05) is 12.1 Å². The molecular weight excluding hydrogens is 230 g/mol. The molecule has 1 aliphatic rings. The van der Waals surface area contributed by atoms with Crippen LogP contribution in [0.15, 0.2) is 24.3 Å². The van der Waals surface area contributed by atoms with E-state index < -0.39 is 5.97 Å². The fourth-order valence-corrected chi connectivity index (χ4v) is 2.55. The van der Waals surface area contributed by atoms with Crippen LogP contribution >= 0.6 is 0 Å². The highest BCUT2D eigenvalue weighted by atomic mass is 16.4. The average Bonchev–Trinajstić information content (AvgIpc) is 2.38. The molecule has 2 rings (SSSR count). The minimum atomic E-state index is -0.734. The number of hydrogen-bond donors (Lipinski definition) is 3. The molecule has 0 bridgehead atoms. The number of nitrogens with one attached hydrogen (secondary N) is 1. The molecule has 1 aliphatic carbocycles. The Balaban J connectivity index is 2.04. The SMILES string of the molecule is N=C(c1ccccc1O)C1CCC(C(=O)O)CC1. The number of phenolic OH excluding ortho intramolecular Hbond substituents is 1. The summed E-state index contributed by atoms with van der Waals surface area (Å²) in [6.45, 7) is 0. The number of phenols is 1. The fourth-order valence-electron chi connectivity index (χ4n) is 2.55. The van der Waals surface area contributed by atoms with Gasteiger partial charge in [-0.2, -0.15) is 0 Å². The molecule has 4 nitrogen and oxygen atoms in total. The van der Waals surface area contributed by atoms with Crippen molar-refractivity contribution in [2.45, 2.75) is 25.7 Å². The highest BCUT2D eigenvalue weighted by Gasteiger charge is 2.29. The van der Waals surface area contributed by atoms with Gasteiger partial charge in [0.05, 0.1) is 5.92 Å². The lowest BCUT2D eigenvalue weighted by molar-refractivity contribution is -0.142. The van der Waals surface area contributed by atoms with Crippen LogP contribution < -0.4 is 0 Å². The Morgan fingerprint density at radius 1 is 1.11 bits per heavy atom. The van der Waals surface area contributed by atoms with Crippen molar-refractivity contribution in [2.24, 2.45) is 11.8 Å². The molecule has 4 heteroatoms. The molecule has 1 saturated carbocycles. The van der Waals surface area contributed by atoms with E-state index in [1.807, 2.05) is 0 Å². The maximum absolute atomic E-state index is 10.9. The van der Waals surface area contributed by atoms with E-state index in [0.717, 1.165) is 0 Å². The van der Waals surface area contributed by atoms with Crippen molar-refractivity contribution in [3.63, 3.8) is 0 Å². The van der Waals surface area contributed by atoms with Crippen LogP contribution in [-0.2, 0) is 4.79 Å². The molecule has 0 radical (unpaired) electrons. The molecule has 1 fully saturated rings. The van der Waals surface area contributed by atoms with E-state index >= 15 is 0 Å². The zero-order chi connectivity index (χ0) is 13.1. The fraction of sp³-hybridized carbons (Fsp3) is 0.429. The molecule has 0 aliphatic heterocycles. The van der Waals surface area contributed by atoms with Gasteiger partial charge in [-0.3, -0.25) is 4.79 Å². The minimum absolute atomic E-state index is 0.0638. The number of carboxylic acid groups (broad SMARTS) is 1. The number of aliphatic carboxylic acids is 1. The van der Waals surface area contributed by atoms with Crippen LogP contribution in [0.3, 0.4) is 0 Å². The summed E-state index contributed by atoms with van der Waals surface area (Å²) in [5.41, 5.74) is 0.994. The van der Waals surface area contributed by atoms with Crippen molar-refractivity contribution in [3.05, 3.63) is 29.8 Å². The molecule has 1 aromatic rings. The predicted octanol–water partition coefficient (Wildman–Crippen LogP) is 2.65. The second-order valence-corrected chi connectivity index (χ2v) is 4.82. The predicted molar refractivity (Wildman–Crippen MR) is 68.0 cm³/mol. The van der Waals surface area contributed by atoms with E-state index in [9.17, 15) is 9.90 Å². The summed E-state index contributed by atoms with van der Waals surface area (Å²) in [5.74, 6) is -0.808. The average molecular weight is 247 g/mol. The van der Waals surface area contributed by atoms with Crippen LogP contribution in [0.5, 0.6) is 5.75 Å². The van der Waals surface area contributed by atoms with Gasteiger partial charge in [0.25, 0.3) is 0 Å². The Morgan fingerprint density at radius 2 is 1.67 bits per heavy atom. The lowest BCUT2D eigenvalue weighted by atomic mass is 9.78. The van der Waals surface area contributed by atoms with E-state index in [2.05, 4.69) is 0 Å². The molecule has 0 aromatic heterocycles. The Bertz CT molecular complexity index is 462. The van der Waals surface area contributed by atoms with Crippen molar-refractivity contribution < 1.29 is 15.0 Å². The van der Waals surface area contributed by atoms with Crippen LogP contribution in [-0.4, -0.2) is 21.9 Å². The number of rotatable bonds is 3. The molecule has 3 N–H and O–H groups in total. The van der Waals surface area contributed by atoms with E-state index in [1.165, 1.54) is 0 Å². The van der Waals surface area contributed by atoms with E-state index in [1.54, 1.807) is 24.3 Å². The lowest BCUT2D eigenvalue weighted by Crippen LogP contribution is -2.26. The van der Waals surface area contributed by atoms with E-state index in [0.29, 0.717) is 37.0 Å². The summed E-state index contributed by atoms with van der Waals surface area (Å²) in [6.07, 6.45) is 2.67. The van der Waals surface area contributed by atoms with Gasteiger partial charge < -0.3 is 15.6 Å². The van der Waals surface area contributed by atoms with Gasteiger partial charge in [0, 0.05) is 17.2 Å². The molecule has 18 heavy (non-hydrogen) atoms. The molecule has 0 heterocycles. The Labute approximate surface area is 106 Å². The third-order valence-corrected chi connectivity index (χ3v) is 3.68. The Hall–Kier alpha value is -1.84. The standard InChI is InChI=1S/C14H17NO3/c15-13(11-3-1-2-4-12(11)16)9-5-7-10(8-6-9)14(17)18/h1-4,9-10,15-16H,5-8H2,(H,17,18). The van der Waals surface area contributed by atoms with Crippen molar-refractivity contribution >= 4 is 11.7 Å². The van der Waals surface area contributed by atoms with Gasteiger partial charge in [-0.05, 0) is 37.8 Å². The topological polar surface area (TPSA) is 81.4 Å². The number of aromatic hydroxyl groups is 1. The molecule has 0 saturated heterocycles. The van der Waals surface area contributed by atoms with Crippen LogP contribution in [0.2, 0.25) is 0 Å². The van der Waals surface area contributed by atoms with Crippen molar-refractivity contribution in [2.75, 3.05) is 0 Å². The molecule has 0 unspecified atom stereocenters. The maximum Gasteiger partial charge on any atom is 0.306 e. The first kappa shape index (κ1) is 12.6. The molecule has 1 aromatic carbocycles. The molecule has 96 valence electrons. The normalized spacial score (nSPS) is 23.6. The zero-order valence-corrected chi connectivity index (χ0v) is 10.1. The largest absolute Gasteiger partial charge is 0.507 e. The third-order valence-electron chi connectivity index (χ3n) is 3.68. The first-order valence-electron chi connectivity index (χ1n) is 6.19. The zero-order valence-electron chi connectivity index (χ0n) is 10.1. The summed E-state index contributed by atoms with van der Waals surface area (Å²) in [5, 5.41) is 26.8. The van der Waals surface area contributed by atoms with Gasteiger partial charge in [-0.25, -0.2) is 0 Å². The number of carbonyl (C=O) groups is 1. The second kappa shape index (κ2) is 5.21. The molecule has 0 atom stereocenters. The van der Waals surface area contributed by atoms with Crippen molar-refractivity contribution in [3.8, 4) is 5.75 Å². The maximum atomic E-state index is 10.9. The van der Waals surface area contributed by atoms with Crippen LogP contribution in [0, 0.1) is 17.2 Å². The van der Waals surface area contributed by atoms with E-state index in [-0.39, 0.29) is 17.6 Å². The summed E-state index contributed by atoms with van der Waals surface area (Å²) in [7, 11) is 0. The molecular formula is C14H17NO3. The number of para-hydroxylation sites is 1. The van der Waals surface area contributed by atoms with Crippen molar-refractivity contribution in [1.29, 1.82) is 5.41 Å². The number of benzene rings is 1. The van der Waals surface area contributed by atoms with Crippen LogP contribution in [0.25, 0.3) is 0 Å². The van der Waals surface area contributed by atoms with Gasteiger partial charge in [0.1, 0.15) is 5.75 Å². The molecule has 0 spiro atoms. The summed E-state index contributed by atoms with van der Waals surface area (Å²) >= 11 is 0. The first-order valence-corrected chi connectivity index (χ1v) is 6.19. The first-order chi connectivity index (χ1) is 8.59.